The molecule has 2 aromatic carbocycles. The van der Waals surface area contributed by atoms with Crippen LogP contribution in [-0.2, 0) is 0 Å². The molecule has 0 atom stereocenters. The Balaban J connectivity index is 1.77. The lowest BCUT2D eigenvalue weighted by Gasteiger charge is -2.07. The minimum atomic E-state index is -0.160. The molecule has 0 spiro atoms. The number of carbonyl (C=O) groups excluding carboxylic acids is 1. The number of anilines is 1. The molecule has 0 saturated heterocycles. The molecule has 1 heterocycles. The van der Waals surface area contributed by atoms with E-state index >= 15 is 0 Å². The Bertz CT molecular complexity index is 836. The molecule has 1 amide bonds. The van der Waals surface area contributed by atoms with Crippen molar-refractivity contribution in [2.45, 2.75) is 13.8 Å². The van der Waals surface area contributed by atoms with Crippen molar-refractivity contribution < 1.29 is 4.79 Å². The Morgan fingerprint density at radius 3 is 2.26 bits per heavy atom. The SMILES string of the molecule is Cc1cc(C)n(-c2ccc(C(=O)Nc3ccc(Cl)cc3)cc2)n1. The van der Waals surface area contributed by atoms with Gasteiger partial charge in [0.05, 0.1) is 11.4 Å². The van der Waals surface area contributed by atoms with Gasteiger partial charge >= 0.3 is 0 Å². The van der Waals surface area contributed by atoms with Gasteiger partial charge in [-0.3, -0.25) is 4.79 Å². The Hall–Kier alpha value is -2.59. The van der Waals surface area contributed by atoms with Crippen molar-refractivity contribution >= 4 is 23.2 Å². The number of benzene rings is 2. The first-order chi connectivity index (χ1) is 11.0. The molecule has 4 nitrogen and oxygen atoms in total. The molecule has 3 rings (SSSR count). The highest BCUT2D eigenvalue weighted by atomic mass is 35.5. The number of hydrogen-bond acceptors (Lipinski definition) is 2. The zero-order valence-electron chi connectivity index (χ0n) is 12.9. The second kappa shape index (κ2) is 6.26. The number of nitrogens with zero attached hydrogens (tertiary/aromatic N) is 2. The summed E-state index contributed by atoms with van der Waals surface area (Å²) in [5.74, 6) is -0.160. The van der Waals surface area contributed by atoms with Crippen LogP contribution in [0.1, 0.15) is 21.7 Å². The number of halogens is 1. The van der Waals surface area contributed by atoms with E-state index in [0.717, 1.165) is 17.1 Å². The van der Waals surface area contributed by atoms with E-state index in [-0.39, 0.29) is 5.91 Å². The van der Waals surface area contributed by atoms with Gasteiger partial charge in [0, 0.05) is 22.0 Å². The van der Waals surface area contributed by atoms with Gasteiger partial charge in [-0.05, 0) is 68.4 Å². The van der Waals surface area contributed by atoms with E-state index in [2.05, 4.69) is 10.4 Å². The summed E-state index contributed by atoms with van der Waals surface area (Å²) in [7, 11) is 0. The number of nitrogens with one attached hydrogen (secondary N) is 1. The van der Waals surface area contributed by atoms with Crippen molar-refractivity contribution in [1.29, 1.82) is 0 Å². The molecule has 0 aliphatic carbocycles. The summed E-state index contributed by atoms with van der Waals surface area (Å²) < 4.78 is 1.86. The maximum atomic E-state index is 12.3. The highest BCUT2D eigenvalue weighted by Gasteiger charge is 2.08. The van der Waals surface area contributed by atoms with Crippen molar-refractivity contribution in [3.8, 4) is 5.69 Å². The first-order valence-electron chi connectivity index (χ1n) is 7.23. The maximum Gasteiger partial charge on any atom is 0.255 e. The summed E-state index contributed by atoms with van der Waals surface area (Å²) in [5.41, 5.74) is 4.25. The van der Waals surface area contributed by atoms with Crippen LogP contribution in [0.5, 0.6) is 0 Å². The molecule has 23 heavy (non-hydrogen) atoms. The number of aromatic nitrogens is 2. The van der Waals surface area contributed by atoms with Crippen LogP contribution < -0.4 is 5.32 Å². The summed E-state index contributed by atoms with van der Waals surface area (Å²) in [5, 5.41) is 7.91. The number of rotatable bonds is 3. The average molecular weight is 326 g/mol. The molecular weight excluding hydrogens is 310 g/mol. The van der Waals surface area contributed by atoms with Crippen LogP contribution in [0.2, 0.25) is 5.02 Å². The third-order valence-corrected chi connectivity index (χ3v) is 3.74. The van der Waals surface area contributed by atoms with Crippen molar-refractivity contribution in [1.82, 2.24) is 9.78 Å². The highest BCUT2D eigenvalue weighted by molar-refractivity contribution is 6.30. The second-order valence-electron chi connectivity index (χ2n) is 5.35. The molecule has 0 aliphatic heterocycles. The smallest absolute Gasteiger partial charge is 0.255 e. The van der Waals surface area contributed by atoms with Crippen molar-refractivity contribution in [2.24, 2.45) is 0 Å². The Morgan fingerprint density at radius 1 is 1.04 bits per heavy atom. The highest BCUT2D eigenvalue weighted by Crippen LogP contribution is 2.16. The summed E-state index contributed by atoms with van der Waals surface area (Å²) >= 11 is 5.83. The van der Waals surface area contributed by atoms with Crippen LogP contribution in [0.3, 0.4) is 0 Å². The van der Waals surface area contributed by atoms with Crippen LogP contribution in [0, 0.1) is 13.8 Å². The summed E-state index contributed by atoms with van der Waals surface area (Å²) in [6.45, 7) is 3.96. The average Bonchev–Trinajstić information content (AvgIpc) is 2.88. The zero-order valence-corrected chi connectivity index (χ0v) is 13.6. The van der Waals surface area contributed by atoms with Gasteiger partial charge in [0.25, 0.3) is 5.91 Å². The minimum Gasteiger partial charge on any atom is -0.322 e. The molecule has 116 valence electrons. The van der Waals surface area contributed by atoms with E-state index in [4.69, 9.17) is 11.6 Å². The first-order valence-corrected chi connectivity index (χ1v) is 7.61. The minimum absolute atomic E-state index is 0.160. The molecule has 0 unspecified atom stereocenters. The first kappa shape index (κ1) is 15.3. The van der Waals surface area contributed by atoms with Crippen molar-refractivity contribution in [3.05, 3.63) is 76.6 Å². The number of hydrogen-bond donors (Lipinski definition) is 1. The molecular formula is C18H16ClN3O. The number of amides is 1. The molecule has 5 heteroatoms. The fourth-order valence-corrected chi connectivity index (χ4v) is 2.51. The predicted octanol–water partition coefficient (Wildman–Crippen LogP) is 4.39. The second-order valence-corrected chi connectivity index (χ2v) is 5.78. The zero-order chi connectivity index (χ0) is 16.4. The van der Waals surface area contributed by atoms with Gasteiger partial charge in [0.15, 0.2) is 0 Å². The lowest BCUT2D eigenvalue weighted by Crippen LogP contribution is -2.12. The van der Waals surface area contributed by atoms with Gasteiger partial charge in [-0.25, -0.2) is 4.68 Å². The van der Waals surface area contributed by atoms with E-state index in [1.165, 1.54) is 0 Å². The Kier molecular flexibility index (Phi) is 4.17. The van der Waals surface area contributed by atoms with Gasteiger partial charge in [0.1, 0.15) is 0 Å². The number of aryl methyl sites for hydroxylation is 2. The standard InChI is InChI=1S/C18H16ClN3O/c1-12-11-13(2)22(21-12)17-9-3-14(4-10-17)18(23)20-16-7-5-15(19)6-8-16/h3-11H,1-2H3,(H,20,23). The summed E-state index contributed by atoms with van der Waals surface area (Å²) in [4.78, 5) is 12.3. The molecule has 0 radical (unpaired) electrons. The largest absolute Gasteiger partial charge is 0.322 e. The lowest BCUT2D eigenvalue weighted by molar-refractivity contribution is 0.102. The van der Waals surface area contributed by atoms with Crippen molar-refractivity contribution in [3.63, 3.8) is 0 Å². The van der Waals surface area contributed by atoms with Gasteiger partial charge < -0.3 is 5.32 Å². The van der Waals surface area contributed by atoms with Crippen LogP contribution in [0.15, 0.2) is 54.6 Å². The van der Waals surface area contributed by atoms with Gasteiger partial charge in [-0.1, -0.05) is 11.6 Å². The molecule has 0 aliphatic rings. The monoisotopic (exact) mass is 325 g/mol. The maximum absolute atomic E-state index is 12.3. The van der Waals surface area contributed by atoms with Crippen LogP contribution in [0.25, 0.3) is 5.69 Å². The van der Waals surface area contributed by atoms with E-state index in [1.54, 1.807) is 36.4 Å². The van der Waals surface area contributed by atoms with Crippen LogP contribution in [-0.4, -0.2) is 15.7 Å². The molecule has 0 saturated carbocycles. The molecule has 1 aromatic heterocycles. The molecule has 3 aromatic rings. The third-order valence-electron chi connectivity index (χ3n) is 3.49. The van der Waals surface area contributed by atoms with Crippen LogP contribution in [0.4, 0.5) is 5.69 Å². The Labute approximate surface area is 139 Å². The molecule has 1 N–H and O–H groups in total. The van der Waals surface area contributed by atoms with Crippen LogP contribution >= 0.6 is 11.6 Å². The van der Waals surface area contributed by atoms with Gasteiger partial charge in [-0.15, -0.1) is 0 Å². The van der Waals surface area contributed by atoms with E-state index in [9.17, 15) is 4.79 Å². The third kappa shape index (κ3) is 3.43. The summed E-state index contributed by atoms with van der Waals surface area (Å²) in [6, 6.07) is 16.4. The van der Waals surface area contributed by atoms with E-state index < -0.39 is 0 Å². The molecule has 0 fully saturated rings. The normalized spacial score (nSPS) is 10.6. The Morgan fingerprint density at radius 2 is 1.70 bits per heavy atom. The number of carbonyl (C=O) groups is 1. The topological polar surface area (TPSA) is 46.9 Å². The summed E-state index contributed by atoms with van der Waals surface area (Å²) in [6.07, 6.45) is 0. The van der Waals surface area contributed by atoms with Crippen molar-refractivity contribution in [2.75, 3.05) is 5.32 Å². The van der Waals surface area contributed by atoms with Gasteiger partial charge in [0.2, 0.25) is 0 Å². The lowest BCUT2D eigenvalue weighted by atomic mass is 10.2. The van der Waals surface area contributed by atoms with E-state index in [1.807, 2.05) is 36.7 Å². The molecule has 0 bridgehead atoms. The fraction of sp³-hybridized carbons (Fsp3) is 0.111. The fourth-order valence-electron chi connectivity index (χ4n) is 2.38. The van der Waals surface area contributed by atoms with E-state index in [0.29, 0.717) is 16.3 Å². The van der Waals surface area contributed by atoms with Gasteiger partial charge in [-0.2, -0.15) is 5.10 Å². The quantitative estimate of drug-likeness (QED) is 0.776. The predicted molar refractivity (Wildman–Crippen MR) is 92.4 cm³/mol.